The highest BCUT2D eigenvalue weighted by molar-refractivity contribution is 6.34. The van der Waals surface area contributed by atoms with Crippen LogP contribution < -0.4 is 5.32 Å². The van der Waals surface area contributed by atoms with Crippen molar-refractivity contribution in [3.05, 3.63) is 63.6 Å². The van der Waals surface area contributed by atoms with Gasteiger partial charge in [-0.1, -0.05) is 35.3 Å². The molecular weight excluding hydrogens is 269 g/mol. The SMILES string of the molecule is OCc1cccc(NCc2cc(Cl)cc(Cl)c2)c1. The van der Waals surface area contributed by atoms with Crippen molar-refractivity contribution in [3.8, 4) is 0 Å². The topological polar surface area (TPSA) is 32.3 Å². The summed E-state index contributed by atoms with van der Waals surface area (Å²) < 4.78 is 0. The first-order valence-electron chi connectivity index (χ1n) is 5.56. The van der Waals surface area contributed by atoms with Crippen molar-refractivity contribution in [3.63, 3.8) is 0 Å². The van der Waals surface area contributed by atoms with Gasteiger partial charge in [0.1, 0.15) is 0 Å². The fourth-order valence-corrected chi connectivity index (χ4v) is 2.27. The summed E-state index contributed by atoms with van der Waals surface area (Å²) in [6, 6.07) is 13.1. The van der Waals surface area contributed by atoms with E-state index in [9.17, 15) is 0 Å². The molecule has 94 valence electrons. The standard InChI is InChI=1S/C14H13Cl2NO/c15-12-4-11(5-13(16)7-12)8-17-14-3-1-2-10(6-14)9-18/h1-7,17-18H,8-9H2. The number of aliphatic hydroxyl groups excluding tert-OH is 1. The Morgan fingerprint density at radius 2 is 1.67 bits per heavy atom. The Morgan fingerprint density at radius 3 is 2.33 bits per heavy atom. The zero-order chi connectivity index (χ0) is 13.0. The van der Waals surface area contributed by atoms with Gasteiger partial charge in [0.05, 0.1) is 6.61 Å². The van der Waals surface area contributed by atoms with Crippen LogP contribution in [0.3, 0.4) is 0 Å². The van der Waals surface area contributed by atoms with E-state index in [2.05, 4.69) is 5.32 Å². The highest BCUT2D eigenvalue weighted by Crippen LogP contribution is 2.20. The lowest BCUT2D eigenvalue weighted by molar-refractivity contribution is 0.282. The molecule has 0 unspecified atom stereocenters. The van der Waals surface area contributed by atoms with E-state index >= 15 is 0 Å². The van der Waals surface area contributed by atoms with E-state index in [1.54, 1.807) is 6.07 Å². The maximum Gasteiger partial charge on any atom is 0.0682 e. The Hall–Kier alpha value is -1.22. The molecule has 18 heavy (non-hydrogen) atoms. The van der Waals surface area contributed by atoms with E-state index in [4.69, 9.17) is 28.3 Å². The second-order valence-corrected chi connectivity index (χ2v) is 4.86. The Labute approximate surface area is 116 Å². The van der Waals surface area contributed by atoms with E-state index in [0.29, 0.717) is 16.6 Å². The van der Waals surface area contributed by atoms with Crippen LogP contribution in [0.5, 0.6) is 0 Å². The van der Waals surface area contributed by atoms with Crippen molar-refractivity contribution < 1.29 is 5.11 Å². The minimum absolute atomic E-state index is 0.0402. The maximum absolute atomic E-state index is 9.06. The van der Waals surface area contributed by atoms with Crippen LogP contribution in [0, 0.1) is 0 Å². The molecule has 0 aliphatic carbocycles. The molecule has 0 aliphatic heterocycles. The number of aliphatic hydroxyl groups is 1. The number of hydrogen-bond acceptors (Lipinski definition) is 2. The molecule has 0 fully saturated rings. The molecule has 2 aromatic carbocycles. The summed E-state index contributed by atoms with van der Waals surface area (Å²) in [6.07, 6.45) is 0. The molecule has 2 rings (SSSR count). The lowest BCUT2D eigenvalue weighted by Gasteiger charge is -2.08. The van der Waals surface area contributed by atoms with Gasteiger partial charge in [-0.05, 0) is 41.5 Å². The first-order chi connectivity index (χ1) is 8.67. The second kappa shape index (κ2) is 6.10. The molecule has 0 saturated carbocycles. The number of nitrogens with one attached hydrogen (secondary N) is 1. The number of anilines is 1. The molecule has 0 radical (unpaired) electrons. The van der Waals surface area contributed by atoms with Crippen LogP contribution in [0.2, 0.25) is 10.0 Å². The Kier molecular flexibility index (Phi) is 4.48. The second-order valence-electron chi connectivity index (χ2n) is 3.99. The molecule has 2 aromatic rings. The largest absolute Gasteiger partial charge is 0.392 e. The monoisotopic (exact) mass is 281 g/mol. The fourth-order valence-electron chi connectivity index (χ4n) is 1.70. The summed E-state index contributed by atoms with van der Waals surface area (Å²) in [5.74, 6) is 0. The summed E-state index contributed by atoms with van der Waals surface area (Å²) >= 11 is 11.9. The summed E-state index contributed by atoms with van der Waals surface area (Å²) in [4.78, 5) is 0. The highest BCUT2D eigenvalue weighted by Gasteiger charge is 1.99. The molecular formula is C14H13Cl2NO. The zero-order valence-corrected chi connectivity index (χ0v) is 11.2. The Morgan fingerprint density at radius 1 is 0.944 bits per heavy atom. The smallest absolute Gasteiger partial charge is 0.0682 e. The lowest BCUT2D eigenvalue weighted by Crippen LogP contribution is -2.00. The third-order valence-corrected chi connectivity index (χ3v) is 2.96. The molecule has 0 saturated heterocycles. The molecule has 4 heteroatoms. The molecule has 0 atom stereocenters. The van der Waals surface area contributed by atoms with Crippen LogP contribution in [-0.4, -0.2) is 5.11 Å². The van der Waals surface area contributed by atoms with Crippen LogP contribution >= 0.6 is 23.2 Å². The van der Waals surface area contributed by atoms with Gasteiger partial charge in [0.2, 0.25) is 0 Å². The van der Waals surface area contributed by atoms with Crippen molar-refractivity contribution in [2.75, 3.05) is 5.32 Å². The van der Waals surface area contributed by atoms with Gasteiger partial charge in [0.25, 0.3) is 0 Å². The molecule has 0 heterocycles. The Balaban J connectivity index is 2.06. The Bertz CT molecular complexity index is 523. The van der Waals surface area contributed by atoms with Gasteiger partial charge in [0, 0.05) is 22.3 Å². The molecule has 0 spiro atoms. The molecule has 2 nitrogen and oxygen atoms in total. The summed E-state index contributed by atoms with van der Waals surface area (Å²) in [5.41, 5.74) is 2.85. The fraction of sp³-hybridized carbons (Fsp3) is 0.143. The number of rotatable bonds is 4. The third kappa shape index (κ3) is 3.64. The minimum atomic E-state index is 0.0402. The normalized spacial score (nSPS) is 10.4. The van der Waals surface area contributed by atoms with Crippen molar-refractivity contribution in [1.29, 1.82) is 0 Å². The van der Waals surface area contributed by atoms with Crippen LogP contribution in [0.4, 0.5) is 5.69 Å². The van der Waals surface area contributed by atoms with Crippen LogP contribution in [0.15, 0.2) is 42.5 Å². The first-order valence-corrected chi connectivity index (χ1v) is 6.31. The third-order valence-electron chi connectivity index (χ3n) is 2.53. The minimum Gasteiger partial charge on any atom is -0.392 e. The van der Waals surface area contributed by atoms with Gasteiger partial charge < -0.3 is 10.4 Å². The molecule has 0 aliphatic rings. The quantitative estimate of drug-likeness (QED) is 0.885. The summed E-state index contributed by atoms with van der Waals surface area (Å²) in [6.45, 7) is 0.674. The van der Waals surface area contributed by atoms with Crippen molar-refractivity contribution in [2.24, 2.45) is 0 Å². The van der Waals surface area contributed by atoms with Gasteiger partial charge in [0.15, 0.2) is 0 Å². The molecule has 0 aromatic heterocycles. The van der Waals surface area contributed by atoms with Crippen LogP contribution in [0.1, 0.15) is 11.1 Å². The van der Waals surface area contributed by atoms with E-state index in [1.165, 1.54) is 0 Å². The average molecular weight is 282 g/mol. The van der Waals surface area contributed by atoms with Gasteiger partial charge in [-0.25, -0.2) is 0 Å². The highest BCUT2D eigenvalue weighted by atomic mass is 35.5. The van der Waals surface area contributed by atoms with E-state index in [-0.39, 0.29) is 6.61 Å². The van der Waals surface area contributed by atoms with Gasteiger partial charge in [-0.15, -0.1) is 0 Å². The number of halogens is 2. The lowest BCUT2D eigenvalue weighted by atomic mass is 10.2. The first kappa shape index (κ1) is 13.2. The molecule has 0 amide bonds. The van der Waals surface area contributed by atoms with Crippen LogP contribution in [-0.2, 0) is 13.2 Å². The summed E-state index contributed by atoms with van der Waals surface area (Å²) in [7, 11) is 0. The predicted molar refractivity (Wildman–Crippen MR) is 76.2 cm³/mol. The zero-order valence-electron chi connectivity index (χ0n) is 9.66. The average Bonchev–Trinajstić information content (AvgIpc) is 2.35. The van der Waals surface area contributed by atoms with Gasteiger partial charge in [-0.2, -0.15) is 0 Å². The van der Waals surface area contributed by atoms with Crippen LogP contribution in [0.25, 0.3) is 0 Å². The number of benzene rings is 2. The van der Waals surface area contributed by atoms with Crippen molar-refractivity contribution in [2.45, 2.75) is 13.2 Å². The van der Waals surface area contributed by atoms with E-state index < -0.39 is 0 Å². The van der Waals surface area contributed by atoms with E-state index in [1.807, 2.05) is 36.4 Å². The van der Waals surface area contributed by atoms with E-state index in [0.717, 1.165) is 16.8 Å². The molecule has 2 N–H and O–H groups in total. The predicted octanol–water partition coefficient (Wildman–Crippen LogP) is 4.10. The van der Waals surface area contributed by atoms with Crippen molar-refractivity contribution in [1.82, 2.24) is 0 Å². The van der Waals surface area contributed by atoms with Crippen molar-refractivity contribution >= 4 is 28.9 Å². The maximum atomic E-state index is 9.06. The van der Waals surface area contributed by atoms with Gasteiger partial charge >= 0.3 is 0 Å². The molecule has 0 bridgehead atoms. The summed E-state index contributed by atoms with van der Waals surface area (Å²) in [5, 5.41) is 13.6. The van der Waals surface area contributed by atoms with Gasteiger partial charge in [-0.3, -0.25) is 0 Å². The number of hydrogen-bond donors (Lipinski definition) is 2.